The molecule has 0 spiro atoms. The zero-order valence-corrected chi connectivity index (χ0v) is 12.9. The van der Waals surface area contributed by atoms with Crippen LogP contribution in [0.3, 0.4) is 0 Å². The Morgan fingerprint density at radius 2 is 2.18 bits per heavy atom. The van der Waals surface area contributed by atoms with Crippen molar-refractivity contribution in [3.8, 4) is 11.5 Å². The number of hydrogen-bond donors (Lipinski definition) is 2. The van der Waals surface area contributed by atoms with Crippen LogP contribution >= 0.6 is 0 Å². The molecule has 1 aliphatic heterocycles. The first-order valence-corrected chi connectivity index (χ1v) is 7.79. The van der Waals surface area contributed by atoms with E-state index in [2.05, 4.69) is 29.6 Å². The van der Waals surface area contributed by atoms with E-state index in [1.807, 2.05) is 19.2 Å². The molecule has 0 amide bonds. The smallest absolute Gasteiger partial charge is 0.166 e. The molecule has 0 fully saturated rings. The van der Waals surface area contributed by atoms with E-state index < -0.39 is 6.10 Å². The minimum absolute atomic E-state index is 0.217. The fourth-order valence-corrected chi connectivity index (χ4v) is 4.30. The van der Waals surface area contributed by atoms with Crippen molar-refractivity contribution >= 4 is 6.08 Å². The zero-order chi connectivity index (χ0) is 15.3. The SMILES string of the molecule is CNCC[C@]12c3c4ccc(OC)c3O[C@H]1[C@@H](O)C=C[C@H]2C=C4. The molecule has 0 radical (unpaired) electrons. The molecule has 1 aromatic rings. The number of rotatable bonds is 4. The summed E-state index contributed by atoms with van der Waals surface area (Å²) < 4.78 is 11.7. The average molecular weight is 299 g/mol. The molecule has 2 N–H and O–H groups in total. The summed E-state index contributed by atoms with van der Waals surface area (Å²) in [5.41, 5.74) is 2.15. The Morgan fingerprint density at radius 1 is 1.32 bits per heavy atom. The van der Waals surface area contributed by atoms with Crippen LogP contribution < -0.4 is 14.8 Å². The second-order valence-electron chi connectivity index (χ2n) is 6.25. The van der Waals surface area contributed by atoms with Gasteiger partial charge in [-0.3, -0.25) is 0 Å². The second kappa shape index (κ2) is 4.86. The summed E-state index contributed by atoms with van der Waals surface area (Å²) in [5.74, 6) is 1.80. The van der Waals surface area contributed by atoms with E-state index in [1.54, 1.807) is 7.11 Å². The second-order valence-corrected chi connectivity index (χ2v) is 6.25. The summed E-state index contributed by atoms with van der Waals surface area (Å²) in [6, 6.07) is 4.03. The number of benzene rings is 1. The van der Waals surface area contributed by atoms with Crippen molar-refractivity contribution < 1.29 is 14.6 Å². The summed E-state index contributed by atoms with van der Waals surface area (Å²) in [6.45, 7) is 0.876. The van der Waals surface area contributed by atoms with Crippen molar-refractivity contribution in [2.24, 2.45) is 5.92 Å². The third kappa shape index (κ3) is 1.59. The van der Waals surface area contributed by atoms with Crippen molar-refractivity contribution in [2.75, 3.05) is 20.7 Å². The summed E-state index contributed by atoms with van der Waals surface area (Å²) in [5, 5.41) is 13.8. The van der Waals surface area contributed by atoms with E-state index in [9.17, 15) is 5.11 Å². The highest BCUT2D eigenvalue weighted by Gasteiger charge is 2.58. The van der Waals surface area contributed by atoms with Crippen molar-refractivity contribution in [1.29, 1.82) is 0 Å². The summed E-state index contributed by atoms with van der Waals surface area (Å²) >= 11 is 0. The van der Waals surface area contributed by atoms with E-state index in [-0.39, 0.29) is 17.4 Å². The van der Waals surface area contributed by atoms with Crippen LogP contribution in [0.25, 0.3) is 6.08 Å². The van der Waals surface area contributed by atoms with Crippen LogP contribution in [0.2, 0.25) is 0 Å². The minimum Gasteiger partial charge on any atom is -0.493 e. The lowest BCUT2D eigenvalue weighted by Crippen LogP contribution is -2.53. The zero-order valence-electron chi connectivity index (χ0n) is 12.9. The molecular formula is C18H21NO3. The number of methoxy groups -OCH3 is 1. The van der Waals surface area contributed by atoms with Crippen LogP contribution in [0, 0.1) is 5.92 Å². The van der Waals surface area contributed by atoms with Crippen molar-refractivity contribution in [3.63, 3.8) is 0 Å². The molecule has 0 saturated carbocycles. The van der Waals surface area contributed by atoms with Gasteiger partial charge < -0.3 is 19.9 Å². The summed E-state index contributed by atoms with van der Waals surface area (Å²) in [6.07, 6.45) is 8.44. The van der Waals surface area contributed by atoms with Gasteiger partial charge in [0, 0.05) is 11.5 Å². The number of aliphatic hydroxyl groups excluding tert-OH is 1. The monoisotopic (exact) mass is 299 g/mol. The van der Waals surface area contributed by atoms with Gasteiger partial charge in [0.2, 0.25) is 0 Å². The number of aliphatic hydroxyl groups is 1. The van der Waals surface area contributed by atoms with Gasteiger partial charge in [-0.05, 0) is 31.6 Å². The van der Waals surface area contributed by atoms with Gasteiger partial charge in [-0.15, -0.1) is 0 Å². The summed E-state index contributed by atoms with van der Waals surface area (Å²) in [4.78, 5) is 0. The van der Waals surface area contributed by atoms with Gasteiger partial charge in [0.1, 0.15) is 12.2 Å². The van der Waals surface area contributed by atoms with Crippen LogP contribution in [-0.2, 0) is 5.41 Å². The molecule has 0 bridgehead atoms. The molecule has 2 aliphatic carbocycles. The topological polar surface area (TPSA) is 50.7 Å². The van der Waals surface area contributed by atoms with Gasteiger partial charge in [0.05, 0.1) is 12.5 Å². The highest BCUT2D eigenvalue weighted by atomic mass is 16.5. The van der Waals surface area contributed by atoms with E-state index in [1.165, 1.54) is 11.1 Å². The molecule has 4 atom stereocenters. The highest BCUT2D eigenvalue weighted by molar-refractivity contribution is 5.71. The minimum atomic E-state index is -0.593. The van der Waals surface area contributed by atoms with Gasteiger partial charge in [-0.1, -0.05) is 30.4 Å². The predicted octanol–water partition coefficient (Wildman–Crippen LogP) is 1.88. The van der Waals surface area contributed by atoms with E-state index in [4.69, 9.17) is 9.47 Å². The van der Waals surface area contributed by atoms with Gasteiger partial charge >= 0.3 is 0 Å². The van der Waals surface area contributed by atoms with Crippen LogP contribution in [0.4, 0.5) is 0 Å². The third-order valence-electron chi connectivity index (χ3n) is 5.28. The molecule has 1 aromatic carbocycles. The lowest BCUT2D eigenvalue weighted by atomic mass is 9.59. The number of allylic oxidation sites excluding steroid dienone is 2. The van der Waals surface area contributed by atoms with Gasteiger partial charge in [0.15, 0.2) is 11.5 Å². The Morgan fingerprint density at radius 3 is 2.95 bits per heavy atom. The van der Waals surface area contributed by atoms with Crippen LogP contribution in [0.5, 0.6) is 11.5 Å². The average Bonchev–Trinajstić information content (AvgIpc) is 2.90. The van der Waals surface area contributed by atoms with Crippen molar-refractivity contribution in [2.45, 2.75) is 24.0 Å². The van der Waals surface area contributed by atoms with Crippen LogP contribution in [0.1, 0.15) is 17.5 Å². The van der Waals surface area contributed by atoms with Crippen molar-refractivity contribution in [1.82, 2.24) is 5.32 Å². The largest absolute Gasteiger partial charge is 0.493 e. The standard InChI is InChI=1S/C18H21NO3/c1-19-10-9-18-12-5-3-11-4-8-14(21-2)16(15(11)18)22-17(18)13(20)7-6-12/h3-8,12-13,17,19-20H,9-10H2,1-2H3/t12-,13+,17+,18+/m1/s1. The number of hydrogen-bond acceptors (Lipinski definition) is 4. The lowest BCUT2D eigenvalue weighted by molar-refractivity contribution is 0.0101. The maximum absolute atomic E-state index is 10.5. The molecule has 4 nitrogen and oxygen atoms in total. The first-order valence-electron chi connectivity index (χ1n) is 7.79. The quantitative estimate of drug-likeness (QED) is 0.834. The maximum Gasteiger partial charge on any atom is 0.166 e. The lowest BCUT2D eigenvalue weighted by Gasteiger charge is -2.45. The fourth-order valence-electron chi connectivity index (χ4n) is 4.30. The van der Waals surface area contributed by atoms with Gasteiger partial charge in [-0.2, -0.15) is 0 Å². The molecule has 4 heteroatoms. The third-order valence-corrected chi connectivity index (χ3v) is 5.28. The molecule has 4 rings (SSSR count). The normalized spacial score (nSPS) is 33.5. The molecule has 22 heavy (non-hydrogen) atoms. The Hall–Kier alpha value is -1.78. The maximum atomic E-state index is 10.5. The fraction of sp³-hybridized carbons (Fsp3) is 0.444. The Balaban J connectivity index is 1.97. The first-order chi connectivity index (χ1) is 10.7. The Kier molecular flexibility index (Phi) is 3.06. The van der Waals surface area contributed by atoms with E-state index in [0.717, 1.165) is 24.5 Å². The van der Waals surface area contributed by atoms with E-state index >= 15 is 0 Å². The van der Waals surface area contributed by atoms with Crippen LogP contribution in [-0.4, -0.2) is 38.0 Å². The molecule has 0 unspecified atom stereocenters. The molecule has 3 aliphatic rings. The molecule has 0 saturated heterocycles. The Labute approximate surface area is 130 Å². The molecular weight excluding hydrogens is 278 g/mol. The first kappa shape index (κ1) is 13.9. The van der Waals surface area contributed by atoms with Crippen molar-refractivity contribution in [3.05, 3.63) is 41.5 Å². The number of nitrogens with one attached hydrogen (secondary N) is 1. The molecule has 0 aromatic heterocycles. The molecule has 1 heterocycles. The Bertz CT molecular complexity index is 667. The van der Waals surface area contributed by atoms with Gasteiger partial charge in [0.25, 0.3) is 0 Å². The van der Waals surface area contributed by atoms with E-state index in [0.29, 0.717) is 0 Å². The molecule has 116 valence electrons. The van der Waals surface area contributed by atoms with Gasteiger partial charge in [-0.25, -0.2) is 0 Å². The summed E-state index contributed by atoms with van der Waals surface area (Å²) in [7, 11) is 3.62. The number of ether oxygens (including phenoxy) is 2. The highest BCUT2D eigenvalue weighted by Crippen LogP contribution is 2.59. The van der Waals surface area contributed by atoms with Crippen LogP contribution in [0.15, 0.2) is 30.4 Å². The predicted molar refractivity (Wildman–Crippen MR) is 85.3 cm³/mol.